The minimum Gasteiger partial charge on any atom is -0.472 e. The number of hydrogen-bond donors (Lipinski definition) is 3. The van der Waals surface area contributed by atoms with Crippen LogP contribution < -0.4 is 16.0 Å². The summed E-state index contributed by atoms with van der Waals surface area (Å²) in [5.74, 6) is -1.08. The number of alkyl halides is 3. The minimum atomic E-state index is -4.69. The zero-order valence-electron chi connectivity index (χ0n) is 16.5. The number of rotatable bonds is 7. The molecular weight excluding hydrogens is 411 g/mol. The summed E-state index contributed by atoms with van der Waals surface area (Å²) >= 11 is 0. The van der Waals surface area contributed by atoms with Crippen molar-refractivity contribution < 1.29 is 27.2 Å². The summed E-state index contributed by atoms with van der Waals surface area (Å²) < 4.78 is 45.4. The SMILES string of the molecule is CCc1ccccc1NC(=O)CNc1ccc(NC(=O)c2ccoc2)cc1C(F)(F)F. The van der Waals surface area contributed by atoms with Crippen LogP contribution in [0.25, 0.3) is 0 Å². The highest BCUT2D eigenvalue weighted by molar-refractivity contribution is 6.04. The second kappa shape index (κ2) is 9.38. The highest BCUT2D eigenvalue weighted by Gasteiger charge is 2.34. The fourth-order valence-corrected chi connectivity index (χ4v) is 2.93. The number of halogens is 3. The average Bonchev–Trinajstić information content (AvgIpc) is 3.27. The number of furan rings is 1. The normalized spacial score (nSPS) is 11.1. The Hall–Kier alpha value is -3.75. The smallest absolute Gasteiger partial charge is 0.418 e. The highest BCUT2D eigenvalue weighted by Crippen LogP contribution is 2.36. The van der Waals surface area contributed by atoms with Gasteiger partial charge in [-0.3, -0.25) is 9.59 Å². The van der Waals surface area contributed by atoms with E-state index in [9.17, 15) is 22.8 Å². The topological polar surface area (TPSA) is 83.4 Å². The van der Waals surface area contributed by atoms with Crippen LogP contribution in [-0.4, -0.2) is 18.4 Å². The van der Waals surface area contributed by atoms with Gasteiger partial charge in [-0.1, -0.05) is 25.1 Å². The molecule has 3 N–H and O–H groups in total. The zero-order valence-corrected chi connectivity index (χ0v) is 16.5. The summed E-state index contributed by atoms with van der Waals surface area (Å²) in [6.07, 6.45) is -1.52. The lowest BCUT2D eigenvalue weighted by Crippen LogP contribution is -2.23. The van der Waals surface area contributed by atoms with Gasteiger partial charge in [-0.2, -0.15) is 13.2 Å². The number of para-hydroxylation sites is 1. The first kappa shape index (κ1) is 21.9. The van der Waals surface area contributed by atoms with Crippen LogP contribution in [0.1, 0.15) is 28.4 Å². The molecule has 1 heterocycles. The molecule has 0 saturated carbocycles. The van der Waals surface area contributed by atoms with E-state index < -0.39 is 23.6 Å². The molecule has 0 fully saturated rings. The van der Waals surface area contributed by atoms with Gasteiger partial charge in [-0.15, -0.1) is 0 Å². The quantitative estimate of drug-likeness (QED) is 0.482. The van der Waals surface area contributed by atoms with Crippen LogP contribution in [0, 0.1) is 0 Å². The van der Waals surface area contributed by atoms with Crippen LogP contribution in [0.2, 0.25) is 0 Å². The molecule has 1 aromatic heterocycles. The highest BCUT2D eigenvalue weighted by atomic mass is 19.4. The first-order valence-corrected chi connectivity index (χ1v) is 9.44. The Morgan fingerprint density at radius 1 is 1.00 bits per heavy atom. The van der Waals surface area contributed by atoms with Crippen molar-refractivity contribution in [2.75, 3.05) is 22.5 Å². The zero-order chi connectivity index (χ0) is 22.4. The Morgan fingerprint density at radius 2 is 1.77 bits per heavy atom. The molecule has 31 heavy (non-hydrogen) atoms. The summed E-state index contributed by atoms with van der Waals surface area (Å²) in [5, 5.41) is 7.61. The second-order valence-electron chi connectivity index (χ2n) is 6.64. The third-order valence-electron chi connectivity index (χ3n) is 4.48. The molecule has 2 amide bonds. The number of aryl methyl sites for hydroxylation is 1. The van der Waals surface area contributed by atoms with Gasteiger partial charge in [-0.25, -0.2) is 0 Å². The lowest BCUT2D eigenvalue weighted by molar-refractivity contribution is -0.137. The fraction of sp³-hybridized carbons (Fsp3) is 0.182. The molecule has 2 aromatic carbocycles. The largest absolute Gasteiger partial charge is 0.472 e. The van der Waals surface area contributed by atoms with E-state index in [4.69, 9.17) is 4.42 Å². The Balaban J connectivity index is 1.71. The molecule has 0 radical (unpaired) electrons. The van der Waals surface area contributed by atoms with Crippen LogP contribution >= 0.6 is 0 Å². The van der Waals surface area contributed by atoms with Crippen molar-refractivity contribution in [3.8, 4) is 0 Å². The Kier molecular flexibility index (Phi) is 6.64. The van der Waals surface area contributed by atoms with E-state index in [0.717, 1.165) is 11.6 Å². The van der Waals surface area contributed by atoms with Gasteiger partial charge in [-0.05, 0) is 42.3 Å². The van der Waals surface area contributed by atoms with E-state index in [-0.39, 0.29) is 23.5 Å². The van der Waals surface area contributed by atoms with Gasteiger partial charge in [0.25, 0.3) is 5.91 Å². The van der Waals surface area contributed by atoms with Crippen LogP contribution in [0.4, 0.5) is 30.2 Å². The van der Waals surface area contributed by atoms with Crippen molar-refractivity contribution in [1.29, 1.82) is 0 Å². The molecule has 0 spiro atoms. The Bertz CT molecular complexity index is 1060. The minimum absolute atomic E-state index is 0.0367. The van der Waals surface area contributed by atoms with Crippen LogP contribution in [0.3, 0.4) is 0 Å². The maximum atomic E-state index is 13.5. The van der Waals surface area contributed by atoms with Crippen molar-refractivity contribution in [2.24, 2.45) is 0 Å². The number of hydrogen-bond acceptors (Lipinski definition) is 4. The lowest BCUT2D eigenvalue weighted by Gasteiger charge is -2.17. The maximum absolute atomic E-state index is 13.5. The molecule has 0 aliphatic carbocycles. The molecule has 162 valence electrons. The summed E-state index contributed by atoms with van der Waals surface area (Å²) in [5.41, 5.74) is 0.409. The van der Waals surface area contributed by atoms with E-state index in [2.05, 4.69) is 16.0 Å². The van der Waals surface area contributed by atoms with Crippen molar-refractivity contribution >= 4 is 28.9 Å². The van der Waals surface area contributed by atoms with E-state index in [1.165, 1.54) is 30.7 Å². The van der Waals surface area contributed by atoms with E-state index in [0.29, 0.717) is 12.1 Å². The van der Waals surface area contributed by atoms with Gasteiger partial charge in [0.1, 0.15) is 6.26 Å². The molecule has 0 saturated heterocycles. The van der Waals surface area contributed by atoms with Gasteiger partial charge in [0, 0.05) is 17.1 Å². The summed E-state index contributed by atoms with van der Waals surface area (Å²) in [6, 6.07) is 11.9. The van der Waals surface area contributed by atoms with E-state index >= 15 is 0 Å². The molecule has 9 heteroatoms. The van der Waals surface area contributed by atoms with E-state index in [1.54, 1.807) is 12.1 Å². The number of amides is 2. The third kappa shape index (κ3) is 5.65. The number of carbonyl (C=O) groups excluding carboxylic acids is 2. The van der Waals surface area contributed by atoms with Gasteiger partial charge in [0.15, 0.2) is 0 Å². The Morgan fingerprint density at radius 3 is 2.45 bits per heavy atom. The van der Waals surface area contributed by atoms with E-state index in [1.807, 2.05) is 19.1 Å². The lowest BCUT2D eigenvalue weighted by atomic mass is 10.1. The van der Waals surface area contributed by atoms with Gasteiger partial charge >= 0.3 is 6.18 Å². The molecule has 0 bridgehead atoms. The van der Waals surface area contributed by atoms with Crippen molar-refractivity contribution in [1.82, 2.24) is 0 Å². The molecule has 3 rings (SSSR count). The summed E-state index contributed by atoms with van der Waals surface area (Å²) in [6.45, 7) is 1.58. The monoisotopic (exact) mass is 431 g/mol. The van der Waals surface area contributed by atoms with Crippen molar-refractivity contribution in [3.63, 3.8) is 0 Å². The standard InChI is InChI=1S/C22H20F3N3O3/c1-2-14-5-3-4-6-18(14)28-20(29)12-26-19-8-7-16(11-17(19)22(23,24)25)27-21(30)15-9-10-31-13-15/h3-11,13,26H,2,12H2,1H3,(H,27,30)(H,28,29). The first-order valence-electron chi connectivity index (χ1n) is 9.44. The predicted molar refractivity (Wildman–Crippen MR) is 111 cm³/mol. The van der Waals surface area contributed by atoms with Gasteiger partial charge in [0.2, 0.25) is 5.91 Å². The maximum Gasteiger partial charge on any atom is 0.418 e. The van der Waals surface area contributed by atoms with Crippen LogP contribution in [-0.2, 0) is 17.4 Å². The van der Waals surface area contributed by atoms with Crippen LogP contribution in [0.15, 0.2) is 65.5 Å². The van der Waals surface area contributed by atoms with Crippen molar-refractivity contribution in [2.45, 2.75) is 19.5 Å². The molecule has 0 aliphatic rings. The average molecular weight is 431 g/mol. The number of carbonyl (C=O) groups is 2. The number of nitrogens with one attached hydrogen (secondary N) is 3. The first-order chi connectivity index (χ1) is 14.8. The van der Waals surface area contributed by atoms with Gasteiger partial charge < -0.3 is 20.4 Å². The summed E-state index contributed by atoms with van der Waals surface area (Å²) in [7, 11) is 0. The third-order valence-corrected chi connectivity index (χ3v) is 4.48. The Labute approximate surface area is 176 Å². The molecule has 0 atom stereocenters. The van der Waals surface area contributed by atoms with Crippen LogP contribution in [0.5, 0.6) is 0 Å². The molecular formula is C22H20F3N3O3. The predicted octanol–water partition coefficient (Wildman–Crippen LogP) is 5.16. The van der Waals surface area contributed by atoms with Crippen molar-refractivity contribution in [3.05, 3.63) is 77.7 Å². The molecule has 0 aliphatic heterocycles. The molecule has 6 nitrogen and oxygen atoms in total. The fourth-order valence-electron chi connectivity index (χ4n) is 2.93. The molecule has 3 aromatic rings. The molecule has 0 unspecified atom stereocenters. The van der Waals surface area contributed by atoms with Gasteiger partial charge in [0.05, 0.1) is 23.9 Å². The summed E-state index contributed by atoms with van der Waals surface area (Å²) in [4.78, 5) is 24.3. The second-order valence-corrected chi connectivity index (χ2v) is 6.64. The number of anilines is 3. The number of benzene rings is 2.